The lowest BCUT2D eigenvalue weighted by Crippen LogP contribution is -2.39. The van der Waals surface area contributed by atoms with Crippen LogP contribution in [-0.4, -0.2) is 64.2 Å². The molecular formula is C30H30BrNO8. The summed E-state index contributed by atoms with van der Waals surface area (Å²) in [4.78, 5) is 65.7. The summed E-state index contributed by atoms with van der Waals surface area (Å²) in [6, 6.07) is 7.15. The molecule has 1 saturated heterocycles. The zero-order valence-electron chi connectivity index (χ0n) is 21.8. The number of aliphatic hydroxyl groups is 1. The number of Topliss-reactive ketones (excluding diaryl/α,β-unsaturated/α-hetero) is 1. The molecule has 4 aliphatic rings. The van der Waals surface area contributed by atoms with Crippen LogP contribution in [0.1, 0.15) is 50.0 Å². The molecular weight excluding hydrogens is 582 g/mol. The van der Waals surface area contributed by atoms with Crippen LogP contribution in [0.25, 0.3) is 0 Å². The van der Waals surface area contributed by atoms with Crippen molar-refractivity contribution in [1.29, 1.82) is 0 Å². The third-order valence-electron chi connectivity index (χ3n) is 8.27. The Kier molecular flexibility index (Phi) is 8.19. The van der Waals surface area contributed by atoms with Gasteiger partial charge in [-0.05, 0) is 65.2 Å². The van der Waals surface area contributed by atoms with Crippen LogP contribution in [0.4, 0.5) is 0 Å². The molecule has 4 atom stereocenters. The molecule has 0 bridgehead atoms. The number of aliphatic carboxylic acids is 1. The Bertz CT molecular complexity index is 1360. The summed E-state index contributed by atoms with van der Waals surface area (Å²) in [7, 11) is 0. The smallest absolute Gasteiger partial charge is 0.303 e. The number of halogens is 1. The molecule has 40 heavy (non-hydrogen) atoms. The monoisotopic (exact) mass is 611 g/mol. The number of aliphatic hydroxyl groups excluding tert-OH is 1. The second kappa shape index (κ2) is 11.6. The minimum absolute atomic E-state index is 0.0482. The third kappa shape index (κ3) is 5.10. The van der Waals surface area contributed by atoms with E-state index in [9.17, 15) is 24.0 Å². The van der Waals surface area contributed by atoms with Crippen molar-refractivity contribution in [3.05, 3.63) is 63.2 Å². The van der Waals surface area contributed by atoms with Crippen LogP contribution in [0.3, 0.4) is 0 Å². The second-order valence-electron chi connectivity index (χ2n) is 10.6. The largest absolute Gasteiger partial charge is 0.491 e. The summed E-state index contributed by atoms with van der Waals surface area (Å²) in [5.41, 5.74) is 2.43. The summed E-state index contributed by atoms with van der Waals surface area (Å²) < 4.78 is 5.67. The van der Waals surface area contributed by atoms with Crippen LogP contribution >= 0.6 is 15.9 Å². The maximum atomic E-state index is 13.7. The molecule has 0 aromatic heterocycles. The number of amides is 2. The number of imide groups is 1. The minimum Gasteiger partial charge on any atom is -0.491 e. The van der Waals surface area contributed by atoms with E-state index in [1.54, 1.807) is 12.1 Å². The molecule has 1 aromatic rings. The van der Waals surface area contributed by atoms with Gasteiger partial charge in [0.05, 0.1) is 22.9 Å². The number of fused-ring (bicyclic) bond motifs is 3. The van der Waals surface area contributed by atoms with E-state index in [0.29, 0.717) is 42.6 Å². The van der Waals surface area contributed by atoms with E-state index in [1.807, 2.05) is 18.2 Å². The van der Waals surface area contributed by atoms with Gasteiger partial charge in [0, 0.05) is 36.1 Å². The highest BCUT2D eigenvalue weighted by atomic mass is 79.9. The van der Waals surface area contributed by atoms with E-state index in [-0.39, 0.29) is 60.5 Å². The molecule has 10 heteroatoms. The Hall–Kier alpha value is -3.37. The van der Waals surface area contributed by atoms with Crippen molar-refractivity contribution in [3.63, 3.8) is 0 Å². The molecule has 2 amide bonds. The molecule has 1 aromatic carbocycles. The van der Waals surface area contributed by atoms with Crippen LogP contribution in [0.5, 0.6) is 5.75 Å². The van der Waals surface area contributed by atoms with E-state index in [2.05, 4.69) is 15.9 Å². The number of hydrogen-bond acceptors (Lipinski definition) is 7. The number of allylic oxidation sites excluding steroid dienone is 6. The molecule has 210 valence electrons. The van der Waals surface area contributed by atoms with Crippen LogP contribution in [0.2, 0.25) is 0 Å². The number of rotatable bonds is 10. The number of carboxylic acids is 1. The fourth-order valence-corrected chi connectivity index (χ4v) is 6.96. The third-order valence-corrected chi connectivity index (χ3v) is 8.86. The molecule has 1 fully saturated rings. The first-order chi connectivity index (χ1) is 19.2. The van der Waals surface area contributed by atoms with E-state index >= 15 is 0 Å². The van der Waals surface area contributed by atoms with Crippen molar-refractivity contribution in [2.75, 3.05) is 19.8 Å². The Labute approximate surface area is 239 Å². The van der Waals surface area contributed by atoms with E-state index < -0.39 is 29.6 Å². The quantitative estimate of drug-likeness (QED) is 0.177. The lowest BCUT2D eigenvalue weighted by Gasteiger charge is -2.42. The van der Waals surface area contributed by atoms with Crippen molar-refractivity contribution in [2.24, 2.45) is 17.8 Å². The Balaban J connectivity index is 1.46. The van der Waals surface area contributed by atoms with Crippen molar-refractivity contribution < 1.29 is 38.9 Å². The average Bonchev–Trinajstić information content (AvgIpc) is 3.18. The first-order valence-corrected chi connectivity index (χ1v) is 14.3. The van der Waals surface area contributed by atoms with Gasteiger partial charge in [0.25, 0.3) is 0 Å². The fourth-order valence-electron chi connectivity index (χ4n) is 6.51. The standard InChI is InChI=1S/C30H30BrNO8/c31-22-15-23(34)27-21(28(22)37)14-20-18(25(27)16-5-7-17(8-6-16)40-13-12-33)9-10-19-26(20)30(39)32(29(19)38)11-3-1-2-4-24(35)36/h5-9,15,19-20,25-26,33H,1-4,10-14H2,(H,35,36). The number of nitrogens with zero attached hydrogens (tertiary/aromatic N) is 1. The molecule has 9 nitrogen and oxygen atoms in total. The van der Waals surface area contributed by atoms with Gasteiger partial charge in [-0.3, -0.25) is 28.9 Å². The van der Waals surface area contributed by atoms with Gasteiger partial charge in [0.1, 0.15) is 12.4 Å². The minimum atomic E-state index is -0.872. The maximum absolute atomic E-state index is 13.7. The van der Waals surface area contributed by atoms with Gasteiger partial charge in [-0.2, -0.15) is 0 Å². The van der Waals surface area contributed by atoms with Crippen LogP contribution < -0.4 is 4.74 Å². The fraction of sp³-hybridized carbons (Fsp3) is 0.433. The summed E-state index contributed by atoms with van der Waals surface area (Å²) in [6.45, 7) is 0.263. The van der Waals surface area contributed by atoms with Gasteiger partial charge < -0.3 is 14.9 Å². The van der Waals surface area contributed by atoms with Gasteiger partial charge in [0.2, 0.25) is 11.8 Å². The van der Waals surface area contributed by atoms with Crippen molar-refractivity contribution in [1.82, 2.24) is 4.90 Å². The predicted octanol–water partition coefficient (Wildman–Crippen LogP) is 3.46. The number of benzene rings is 1. The molecule has 0 saturated carbocycles. The SMILES string of the molecule is O=C(O)CCCCCN1C(=O)C2CC=C3C(c4ccc(OCCO)cc4)C4=C(CC3C2C1=O)C(=O)C(Br)=CC4=O. The van der Waals surface area contributed by atoms with Gasteiger partial charge in [0.15, 0.2) is 11.6 Å². The molecule has 1 heterocycles. The van der Waals surface area contributed by atoms with E-state index in [0.717, 1.165) is 11.1 Å². The van der Waals surface area contributed by atoms with Crippen LogP contribution in [0.15, 0.2) is 57.6 Å². The molecule has 5 rings (SSSR count). The zero-order valence-corrected chi connectivity index (χ0v) is 23.4. The van der Waals surface area contributed by atoms with Gasteiger partial charge >= 0.3 is 5.97 Å². The molecule has 1 aliphatic heterocycles. The first kappa shape index (κ1) is 28.2. The number of hydrogen-bond donors (Lipinski definition) is 2. The van der Waals surface area contributed by atoms with Gasteiger partial charge in [-0.25, -0.2) is 0 Å². The van der Waals surface area contributed by atoms with Crippen molar-refractivity contribution in [3.8, 4) is 5.75 Å². The topological polar surface area (TPSA) is 138 Å². The number of likely N-dealkylation sites (tertiary alicyclic amines) is 1. The van der Waals surface area contributed by atoms with E-state index in [1.165, 1.54) is 11.0 Å². The molecule has 0 spiro atoms. The number of carboxylic acid groups (broad SMARTS) is 1. The highest BCUT2D eigenvalue weighted by Gasteiger charge is 2.56. The number of carbonyl (C=O) groups is 5. The molecule has 2 N–H and O–H groups in total. The molecule has 0 radical (unpaired) electrons. The van der Waals surface area contributed by atoms with Crippen LogP contribution in [-0.2, 0) is 24.0 Å². The Morgan fingerprint density at radius 1 is 1.02 bits per heavy atom. The van der Waals surface area contributed by atoms with E-state index in [4.69, 9.17) is 14.9 Å². The summed E-state index contributed by atoms with van der Waals surface area (Å²) >= 11 is 3.23. The second-order valence-corrected chi connectivity index (χ2v) is 11.4. The number of carbonyl (C=O) groups excluding carboxylic acids is 4. The van der Waals surface area contributed by atoms with Crippen molar-refractivity contribution >= 4 is 45.3 Å². The molecule has 3 aliphatic carbocycles. The first-order valence-electron chi connectivity index (χ1n) is 13.5. The predicted molar refractivity (Wildman–Crippen MR) is 146 cm³/mol. The number of ketones is 2. The van der Waals surface area contributed by atoms with Gasteiger partial charge in [-0.15, -0.1) is 0 Å². The normalized spacial score (nSPS) is 25.8. The summed E-state index contributed by atoms with van der Waals surface area (Å²) in [6.07, 6.45) is 5.51. The lowest BCUT2D eigenvalue weighted by molar-refractivity contribution is -0.141. The number of unbranched alkanes of at least 4 members (excludes halogenated alkanes) is 2. The average molecular weight is 612 g/mol. The maximum Gasteiger partial charge on any atom is 0.303 e. The lowest BCUT2D eigenvalue weighted by atomic mass is 9.59. The Morgan fingerprint density at radius 3 is 2.48 bits per heavy atom. The van der Waals surface area contributed by atoms with Gasteiger partial charge in [-0.1, -0.05) is 30.2 Å². The highest BCUT2D eigenvalue weighted by Crippen LogP contribution is 2.55. The van der Waals surface area contributed by atoms with Crippen molar-refractivity contribution in [2.45, 2.75) is 44.4 Å². The highest BCUT2D eigenvalue weighted by molar-refractivity contribution is 9.12. The van der Waals surface area contributed by atoms with Crippen LogP contribution in [0, 0.1) is 17.8 Å². The molecule has 4 unspecified atom stereocenters. The summed E-state index contributed by atoms with van der Waals surface area (Å²) in [5, 5.41) is 17.9. The zero-order chi connectivity index (χ0) is 28.6. The number of ether oxygens (including phenoxy) is 1. The Morgan fingerprint density at radius 2 is 1.77 bits per heavy atom. The summed E-state index contributed by atoms with van der Waals surface area (Å²) in [5.74, 6) is -3.43.